The zero-order valence-electron chi connectivity index (χ0n) is 18.1. The number of hydrogen-bond donors (Lipinski definition) is 2. The fourth-order valence-electron chi connectivity index (χ4n) is 2.96. The number of para-hydroxylation sites is 1. The first-order valence-electron chi connectivity index (χ1n) is 10.2. The molecule has 0 bridgehead atoms. The van der Waals surface area contributed by atoms with Crippen LogP contribution in [0.15, 0.2) is 63.7 Å². The Morgan fingerprint density at radius 1 is 1.00 bits per heavy atom. The van der Waals surface area contributed by atoms with Gasteiger partial charge in [-0.25, -0.2) is 9.79 Å². The lowest BCUT2D eigenvalue weighted by atomic mass is 10.1. The summed E-state index contributed by atoms with van der Waals surface area (Å²) in [5.74, 6) is 0.0778. The zero-order valence-corrected chi connectivity index (χ0v) is 18.9. The molecule has 0 unspecified atom stereocenters. The summed E-state index contributed by atoms with van der Waals surface area (Å²) in [5, 5.41) is 21.6. The van der Waals surface area contributed by atoms with E-state index in [1.54, 1.807) is 55.5 Å². The minimum atomic E-state index is -0.669. The lowest BCUT2D eigenvalue weighted by Gasteiger charge is -2.08. The van der Waals surface area contributed by atoms with E-state index in [9.17, 15) is 15.0 Å². The first kappa shape index (κ1) is 23.3. The van der Waals surface area contributed by atoms with Crippen molar-refractivity contribution in [2.45, 2.75) is 20.8 Å². The van der Waals surface area contributed by atoms with Crippen LogP contribution in [0, 0.1) is 0 Å². The predicted molar refractivity (Wildman–Crippen MR) is 126 cm³/mol. The second kappa shape index (κ2) is 10.8. The molecular weight excluding hydrogens is 430 g/mol. The molecule has 0 aliphatic carbocycles. The van der Waals surface area contributed by atoms with Crippen LogP contribution in [0.25, 0.3) is 6.08 Å². The van der Waals surface area contributed by atoms with Gasteiger partial charge in [0, 0.05) is 5.56 Å². The zero-order chi connectivity index (χ0) is 23.1. The van der Waals surface area contributed by atoms with Crippen molar-refractivity contribution in [2.24, 2.45) is 4.99 Å². The Morgan fingerprint density at radius 3 is 2.38 bits per heavy atom. The first-order valence-corrected chi connectivity index (χ1v) is 11.1. The Bertz CT molecular complexity index is 1070. The minimum absolute atomic E-state index is 0.0163. The standard InChI is InChI=1S/C24H25NO6S/c1-4-29-17-12-10-16(11-13-17)25-23-20(24(28)31-6-3)22(27)19(32-23)14-15-8-7-9-18(21(15)26)30-5-2/h7-14,26-27H,4-6H2,1-3H3/b19-14+,25-23?. The third-order valence-corrected chi connectivity index (χ3v) is 5.39. The average molecular weight is 456 g/mol. The highest BCUT2D eigenvalue weighted by Gasteiger charge is 2.33. The fraction of sp³-hybridized carbons (Fsp3) is 0.250. The van der Waals surface area contributed by atoms with Gasteiger partial charge in [-0.3, -0.25) is 0 Å². The van der Waals surface area contributed by atoms with Crippen molar-refractivity contribution in [2.75, 3.05) is 19.8 Å². The Balaban J connectivity index is 2.01. The normalized spacial score (nSPS) is 16.0. The molecule has 2 N–H and O–H groups in total. The Kier molecular flexibility index (Phi) is 7.83. The topological polar surface area (TPSA) is 97.6 Å². The summed E-state index contributed by atoms with van der Waals surface area (Å²) >= 11 is 1.12. The minimum Gasteiger partial charge on any atom is -0.506 e. The smallest absolute Gasteiger partial charge is 0.344 e. The summed E-state index contributed by atoms with van der Waals surface area (Å²) in [6, 6.07) is 12.2. The van der Waals surface area contributed by atoms with E-state index in [0.717, 1.165) is 11.8 Å². The van der Waals surface area contributed by atoms with Crippen LogP contribution in [0.2, 0.25) is 0 Å². The average Bonchev–Trinajstić information content (AvgIpc) is 3.07. The monoisotopic (exact) mass is 455 g/mol. The van der Waals surface area contributed by atoms with Crippen LogP contribution in [0.5, 0.6) is 17.2 Å². The van der Waals surface area contributed by atoms with Gasteiger partial charge in [0.05, 0.1) is 30.4 Å². The predicted octanol–water partition coefficient (Wildman–Crippen LogP) is 5.38. The molecule has 168 valence electrons. The maximum absolute atomic E-state index is 12.5. The van der Waals surface area contributed by atoms with Crippen molar-refractivity contribution in [3.8, 4) is 17.2 Å². The van der Waals surface area contributed by atoms with Gasteiger partial charge < -0.3 is 24.4 Å². The largest absolute Gasteiger partial charge is 0.506 e. The van der Waals surface area contributed by atoms with Gasteiger partial charge in [0.2, 0.25) is 0 Å². The molecule has 0 aromatic heterocycles. The lowest BCUT2D eigenvalue weighted by Crippen LogP contribution is -2.12. The number of esters is 1. The Morgan fingerprint density at radius 2 is 1.72 bits per heavy atom. The van der Waals surface area contributed by atoms with Crippen LogP contribution >= 0.6 is 11.8 Å². The van der Waals surface area contributed by atoms with Crippen LogP contribution < -0.4 is 9.47 Å². The second-order valence-electron chi connectivity index (χ2n) is 6.53. The summed E-state index contributed by atoms with van der Waals surface area (Å²) in [6.07, 6.45) is 1.58. The number of phenols is 1. The third kappa shape index (κ3) is 5.26. The number of carbonyl (C=O) groups excluding carboxylic acids is 1. The van der Waals surface area contributed by atoms with Gasteiger partial charge in [-0.1, -0.05) is 23.9 Å². The molecule has 0 saturated carbocycles. The number of thioether (sulfide) groups is 1. The molecule has 0 saturated heterocycles. The van der Waals surface area contributed by atoms with Gasteiger partial charge in [-0.15, -0.1) is 0 Å². The molecule has 0 fully saturated rings. The quantitative estimate of drug-likeness (QED) is 0.516. The van der Waals surface area contributed by atoms with Crippen LogP contribution in [0.4, 0.5) is 5.69 Å². The van der Waals surface area contributed by atoms with Gasteiger partial charge in [0.15, 0.2) is 11.5 Å². The van der Waals surface area contributed by atoms with E-state index in [0.29, 0.717) is 45.9 Å². The maximum Gasteiger partial charge on any atom is 0.344 e. The molecule has 7 nitrogen and oxygen atoms in total. The molecule has 1 aliphatic rings. The molecule has 0 atom stereocenters. The molecule has 2 aromatic rings. The molecule has 2 aromatic carbocycles. The van der Waals surface area contributed by atoms with Crippen LogP contribution in [-0.2, 0) is 9.53 Å². The summed E-state index contributed by atoms with van der Waals surface area (Å²) in [5.41, 5.74) is 1.01. The van der Waals surface area contributed by atoms with Gasteiger partial charge in [0.25, 0.3) is 0 Å². The summed E-state index contributed by atoms with van der Waals surface area (Å²) < 4.78 is 16.0. The van der Waals surface area contributed by atoms with E-state index in [-0.39, 0.29) is 23.7 Å². The first-order chi connectivity index (χ1) is 15.5. The van der Waals surface area contributed by atoms with Crippen molar-refractivity contribution in [1.82, 2.24) is 0 Å². The number of carbonyl (C=O) groups is 1. The maximum atomic E-state index is 12.5. The number of phenolic OH excluding ortho intramolecular Hbond substituents is 1. The second-order valence-corrected chi connectivity index (χ2v) is 7.56. The number of aromatic hydroxyl groups is 1. The number of aliphatic hydroxyl groups excluding tert-OH is 1. The summed E-state index contributed by atoms with van der Waals surface area (Å²) in [6.45, 7) is 6.53. The van der Waals surface area contributed by atoms with Gasteiger partial charge >= 0.3 is 5.97 Å². The molecule has 32 heavy (non-hydrogen) atoms. The van der Waals surface area contributed by atoms with Crippen molar-refractivity contribution in [3.63, 3.8) is 0 Å². The van der Waals surface area contributed by atoms with Crippen molar-refractivity contribution < 1.29 is 29.2 Å². The number of rotatable bonds is 8. The van der Waals surface area contributed by atoms with Gasteiger partial charge in [0.1, 0.15) is 22.1 Å². The van der Waals surface area contributed by atoms with Crippen LogP contribution in [0.1, 0.15) is 26.3 Å². The van der Waals surface area contributed by atoms with Crippen LogP contribution in [-0.4, -0.2) is 41.0 Å². The third-order valence-electron chi connectivity index (χ3n) is 4.37. The fourth-order valence-corrected chi connectivity index (χ4v) is 3.99. The Labute approximate surface area is 191 Å². The number of nitrogens with zero attached hydrogens (tertiary/aromatic N) is 1. The van der Waals surface area contributed by atoms with E-state index in [1.807, 2.05) is 13.8 Å². The number of benzene rings is 2. The van der Waals surface area contributed by atoms with Gasteiger partial charge in [-0.2, -0.15) is 0 Å². The highest BCUT2D eigenvalue weighted by molar-refractivity contribution is 8.18. The molecular formula is C24H25NO6S. The van der Waals surface area contributed by atoms with Gasteiger partial charge in [-0.05, 0) is 57.2 Å². The van der Waals surface area contributed by atoms with E-state index < -0.39 is 5.97 Å². The molecule has 8 heteroatoms. The molecule has 0 spiro atoms. The molecule has 0 radical (unpaired) electrons. The Hall–Kier alpha value is -3.39. The summed E-state index contributed by atoms with van der Waals surface area (Å²) in [7, 11) is 0. The SMILES string of the molecule is CCOC(=O)C1=C(O)/C(=C\c2cccc(OCC)c2O)SC1=Nc1ccc(OCC)cc1. The van der Waals surface area contributed by atoms with E-state index >= 15 is 0 Å². The summed E-state index contributed by atoms with van der Waals surface area (Å²) in [4.78, 5) is 17.4. The highest BCUT2D eigenvalue weighted by atomic mass is 32.2. The van der Waals surface area contributed by atoms with E-state index in [4.69, 9.17) is 14.2 Å². The molecule has 0 amide bonds. The number of aliphatic imine (C=N–C) groups is 1. The number of hydrogen-bond acceptors (Lipinski definition) is 8. The lowest BCUT2D eigenvalue weighted by molar-refractivity contribution is -0.138. The molecule has 1 heterocycles. The van der Waals surface area contributed by atoms with Crippen LogP contribution in [0.3, 0.4) is 0 Å². The van der Waals surface area contributed by atoms with Crippen molar-refractivity contribution in [3.05, 3.63) is 64.3 Å². The van der Waals surface area contributed by atoms with E-state index in [1.165, 1.54) is 0 Å². The highest BCUT2D eigenvalue weighted by Crippen LogP contribution is 2.42. The molecule has 1 aliphatic heterocycles. The number of aliphatic hydroxyl groups is 1. The number of ether oxygens (including phenoxy) is 3. The van der Waals surface area contributed by atoms with E-state index in [2.05, 4.69) is 4.99 Å². The van der Waals surface area contributed by atoms with Crippen molar-refractivity contribution in [1.29, 1.82) is 0 Å². The molecule has 3 rings (SSSR count). The van der Waals surface area contributed by atoms with Crippen molar-refractivity contribution >= 4 is 34.5 Å².